The van der Waals surface area contributed by atoms with Gasteiger partial charge in [-0.15, -0.1) is 5.10 Å². The molecular weight excluding hydrogens is 274 g/mol. The van der Waals surface area contributed by atoms with Crippen molar-refractivity contribution >= 4 is 11.7 Å². The summed E-state index contributed by atoms with van der Waals surface area (Å²) in [4.78, 5) is 18.3. The lowest BCUT2D eigenvalue weighted by Crippen LogP contribution is -2.03. The van der Waals surface area contributed by atoms with Crippen molar-refractivity contribution in [3.05, 3.63) is 36.0 Å². The van der Waals surface area contributed by atoms with Crippen LogP contribution in [0.25, 0.3) is 17.2 Å². The van der Waals surface area contributed by atoms with Gasteiger partial charge in [-0.25, -0.2) is 18.6 Å². The third-order valence-electron chi connectivity index (χ3n) is 2.53. The number of hydrogen-bond donors (Lipinski definition) is 1. The zero-order valence-corrected chi connectivity index (χ0v) is 9.70. The van der Waals surface area contributed by atoms with E-state index >= 15 is 0 Å². The van der Waals surface area contributed by atoms with Crippen molar-refractivity contribution in [2.45, 2.75) is 6.43 Å². The van der Waals surface area contributed by atoms with Crippen molar-refractivity contribution in [1.82, 2.24) is 19.6 Å². The van der Waals surface area contributed by atoms with E-state index in [1.807, 2.05) is 0 Å². The van der Waals surface area contributed by atoms with E-state index in [2.05, 4.69) is 15.1 Å². The van der Waals surface area contributed by atoms with Crippen LogP contribution in [-0.2, 0) is 0 Å². The highest BCUT2D eigenvalue weighted by Gasteiger charge is 2.21. The van der Waals surface area contributed by atoms with Crippen LogP contribution in [0.5, 0.6) is 0 Å². The number of rotatable bonds is 3. The molecule has 102 valence electrons. The Balaban J connectivity index is 2.28. The Morgan fingerprint density at radius 2 is 2.20 bits per heavy atom. The molecule has 0 atom stereocenters. The molecule has 0 unspecified atom stereocenters. The Labute approximate surface area is 109 Å². The van der Waals surface area contributed by atoms with Crippen molar-refractivity contribution in [2.75, 3.05) is 0 Å². The first-order chi connectivity index (χ1) is 9.56. The molecule has 0 aliphatic heterocycles. The summed E-state index contributed by atoms with van der Waals surface area (Å²) in [5.74, 6) is -1.98. The van der Waals surface area contributed by atoms with Crippen LogP contribution in [0.15, 0.2) is 28.9 Å². The van der Waals surface area contributed by atoms with Crippen molar-refractivity contribution in [1.29, 1.82) is 0 Å². The van der Waals surface area contributed by atoms with Gasteiger partial charge in [-0.05, 0) is 18.2 Å². The number of halogens is 2. The van der Waals surface area contributed by atoms with Gasteiger partial charge in [-0.3, -0.25) is 0 Å². The molecule has 0 aliphatic rings. The molecule has 0 amide bonds. The van der Waals surface area contributed by atoms with Gasteiger partial charge in [-0.2, -0.15) is 9.50 Å². The second-order valence-electron chi connectivity index (χ2n) is 3.80. The van der Waals surface area contributed by atoms with E-state index in [4.69, 9.17) is 9.52 Å². The van der Waals surface area contributed by atoms with Gasteiger partial charge in [0.1, 0.15) is 11.4 Å². The summed E-state index contributed by atoms with van der Waals surface area (Å²) >= 11 is 0. The lowest BCUT2D eigenvalue weighted by molar-refractivity contribution is 0.0683. The summed E-state index contributed by atoms with van der Waals surface area (Å²) in [6.45, 7) is 0. The fraction of sp³-hybridized carbons (Fsp3) is 0.0909. The normalized spacial score (nSPS) is 11.3. The summed E-state index contributed by atoms with van der Waals surface area (Å²) in [6.07, 6.45) is -1.49. The van der Waals surface area contributed by atoms with E-state index in [1.54, 1.807) is 12.1 Å². The average Bonchev–Trinajstić information content (AvgIpc) is 3.06. The molecule has 0 fully saturated rings. The van der Waals surface area contributed by atoms with Gasteiger partial charge in [0, 0.05) is 0 Å². The number of hydrogen-bond acceptors (Lipinski definition) is 5. The fourth-order valence-electron chi connectivity index (χ4n) is 1.69. The fourth-order valence-corrected chi connectivity index (χ4v) is 1.69. The predicted octanol–water partition coefficient (Wildman–Crippen LogP) is 2.02. The van der Waals surface area contributed by atoms with Crippen molar-refractivity contribution < 1.29 is 23.1 Å². The van der Waals surface area contributed by atoms with Crippen LogP contribution < -0.4 is 0 Å². The van der Waals surface area contributed by atoms with Gasteiger partial charge in [0.15, 0.2) is 5.76 Å². The number of nitrogens with zero attached hydrogens (tertiary/aromatic N) is 4. The molecule has 20 heavy (non-hydrogen) atoms. The van der Waals surface area contributed by atoms with Crippen molar-refractivity contribution in [3.8, 4) is 11.5 Å². The van der Waals surface area contributed by atoms with E-state index in [0.717, 1.165) is 6.07 Å². The number of carboxylic acid groups (broad SMARTS) is 1. The zero-order valence-electron chi connectivity index (χ0n) is 9.70. The van der Waals surface area contributed by atoms with E-state index in [1.165, 1.54) is 6.26 Å². The van der Waals surface area contributed by atoms with E-state index in [0.29, 0.717) is 4.52 Å². The van der Waals surface area contributed by atoms with E-state index in [9.17, 15) is 13.6 Å². The molecule has 0 saturated carbocycles. The Morgan fingerprint density at radius 3 is 2.80 bits per heavy atom. The summed E-state index contributed by atoms with van der Waals surface area (Å²) in [5.41, 5.74) is -0.386. The number of alkyl halides is 2. The molecule has 3 aromatic heterocycles. The number of carbonyl (C=O) groups is 1. The number of carboxylic acids is 1. The first kappa shape index (κ1) is 12.2. The molecule has 9 heteroatoms. The van der Waals surface area contributed by atoms with Crippen LogP contribution in [0.3, 0.4) is 0 Å². The van der Waals surface area contributed by atoms with Crippen molar-refractivity contribution in [3.63, 3.8) is 0 Å². The molecular formula is C11H6F2N4O3. The van der Waals surface area contributed by atoms with Gasteiger partial charge < -0.3 is 9.52 Å². The van der Waals surface area contributed by atoms with Crippen LogP contribution >= 0.6 is 0 Å². The third-order valence-corrected chi connectivity index (χ3v) is 2.53. The summed E-state index contributed by atoms with van der Waals surface area (Å²) < 4.78 is 31.9. The maximum Gasteiger partial charge on any atom is 0.375 e. The molecule has 0 aliphatic carbocycles. The highest BCUT2D eigenvalue weighted by molar-refractivity contribution is 5.83. The minimum atomic E-state index is -2.86. The summed E-state index contributed by atoms with van der Waals surface area (Å²) in [5, 5.41) is 12.3. The van der Waals surface area contributed by atoms with Gasteiger partial charge in [0.05, 0.1) is 6.26 Å². The SMILES string of the molecule is O=C(O)c1nc2nc(-c3ccco3)cc(C(F)F)n2n1. The minimum absolute atomic E-state index is 0.127. The summed E-state index contributed by atoms with van der Waals surface area (Å²) in [6, 6.07) is 4.20. The topological polar surface area (TPSA) is 93.5 Å². The lowest BCUT2D eigenvalue weighted by Gasteiger charge is -2.04. The smallest absolute Gasteiger partial charge is 0.375 e. The third kappa shape index (κ3) is 1.88. The first-order valence-electron chi connectivity index (χ1n) is 5.39. The molecule has 0 saturated heterocycles. The van der Waals surface area contributed by atoms with Crippen LogP contribution in [-0.4, -0.2) is 30.7 Å². The van der Waals surface area contributed by atoms with Gasteiger partial charge >= 0.3 is 5.97 Å². The average molecular weight is 280 g/mol. The monoisotopic (exact) mass is 280 g/mol. The number of fused-ring (bicyclic) bond motifs is 1. The second kappa shape index (κ2) is 4.37. The summed E-state index contributed by atoms with van der Waals surface area (Å²) in [7, 11) is 0. The highest BCUT2D eigenvalue weighted by atomic mass is 19.3. The standard InChI is InChI=1S/C11H6F2N4O3/c12-8(13)6-4-5(7-2-1-3-20-7)14-11-15-9(10(18)19)16-17(6)11/h1-4,8H,(H,18,19). The maximum absolute atomic E-state index is 13.0. The lowest BCUT2D eigenvalue weighted by atomic mass is 10.2. The molecule has 0 spiro atoms. The number of aromatic nitrogens is 4. The molecule has 3 heterocycles. The van der Waals surface area contributed by atoms with Crippen LogP contribution in [0, 0.1) is 0 Å². The molecule has 1 N–H and O–H groups in total. The van der Waals surface area contributed by atoms with Crippen molar-refractivity contribution in [2.24, 2.45) is 0 Å². The van der Waals surface area contributed by atoms with Crippen LogP contribution in [0.2, 0.25) is 0 Å². The molecule has 7 nitrogen and oxygen atoms in total. The molecule has 3 rings (SSSR count). The molecule has 0 bridgehead atoms. The number of furan rings is 1. The van der Waals surface area contributed by atoms with E-state index in [-0.39, 0.29) is 17.2 Å². The number of aromatic carboxylic acids is 1. The van der Waals surface area contributed by atoms with Gasteiger partial charge in [0.2, 0.25) is 0 Å². The first-order valence-corrected chi connectivity index (χ1v) is 5.39. The largest absolute Gasteiger partial charge is 0.475 e. The Bertz CT molecular complexity index is 782. The van der Waals surface area contributed by atoms with Crippen LogP contribution in [0.1, 0.15) is 22.7 Å². The Kier molecular flexibility index (Phi) is 2.67. The second-order valence-corrected chi connectivity index (χ2v) is 3.80. The maximum atomic E-state index is 13.0. The molecule has 3 aromatic rings. The van der Waals surface area contributed by atoms with Crippen LogP contribution in [0.4, 0.5) is 8.78 Å². The minimum Gasteiger partial charge on any atom is -0.475 e. The Hall–Kier alpha value is -2.84. The predicted molar refractivity (Wildman–Crippen MR) is 60.4 cm³/mol. The molecule has 0 radical (unpaired) electrons. The highest BCUT2D eigenvalue weighted by Crippen LogP contribution is 2.25. The van der Waals surface area contributed by atoms with E-state index < -0.39 is 23.9 Å². The Morgan fingerprint density at radius 1 is 1.40 bits per heavy atom. The molecule has 0 aromatic carbocycles. The van der Waals surface area contributed by atoms with Gasteiger partial charge in [-0.1, -0.05) is 0 Å². The zero-order chi connectivity index (χ0) is 14.3. The quantitative estimate of drug-likeness (QED) is 0.788. The van der Waals surface area contributed by atoms with Gasteiger partial charge in [0.25, 0.3) is 18.0 Å².